The Morgan fingerprint density at radius 2 is 2.20 bits per heavy atom. The van der Waals surface area contributed by atoms with Gasteiger partial charge in [0.05, 0.1) is 0 Å². The Labute approximate surface area is 62.4 Å². The van der Waals surface area contributed by atoms with Crippen molar-refractivity contribution in [3.63, 3.8) is 0 Å². The van der Waals surface area contributed by atoms with Crippen LogP contribution in [0.15, 0.2) is 23.8 Å². The van der Waals surface area contributed by atoms with Crippen LogP contribution in [-0.4, -0.2) is 6.29 Å². The van der Waals surface area contributed by atoms with Crippen molar-refractivity contribution < 1.29 is 4.79 Å². The molecule has 56 valence electrons. The number of hydrogen-bond acceptors (Lipinski definition) is 1. The van der Waals surface area contributed by atoms with Crippen LogP contribution in [0.1, 0.15) is 26.7 Å². The van der Waals surface area contributed by atoms with Crippen LogP contribution in [0.2, 0.25) is 0 Å². The van der Waals surface area contributed by atoms with Crippen LogP contribution >= 0.6 is 0 Å². The summed E-state index contributed by atoms with van der Waals surface area (Å²) in [5.41, 5.74) is 1.15. The van der Waals surface area contributed by atoms with E-state index < -0.39 is 0 Å². The van der Waals surface area contributed by atoms with Gasteiger partial charge in [0.15, 0.2) is 0 Å². The lowest BCUT2D eigenvalue weighted by Crippen LogP contribution is -1.75. The second kappa shape index (κ2) is 6.27. The lowest BCUT2D eigenvalue weighted by Gasteiger charge is -1.92. The third-order valence-corrected chi connectivity index (χ3v) is 1.29. The lowest BCUT2D eigenvalue weighted by molar-refractivity contribution is -0.104. The topological polar surface area (TPSA) is 17.1 Å². The summed E-state index contributed by atoms with van der Waals surface area (Å²) < 4.78 is 0. The summed E-state index contributed by atoms with van der Waals surface area (Å²) in [5, 5.41) is 0. The highest BCUT2D eigenvalue weighted by molar-refractivity contribution is 5.65. The predicted molar refractivity (Wildman–Crippen MR) is 43.9 cm³/mol. The SMILES string of the molecule is C/C=C\CC/C(C)=C/C=O. The number of allylic oxidation sites excluding steroid dienone is 4. The molecule has 0 fully saturated rings. The van der Waals surface area contributed by atoms with Crippen LogP contribution in [0, 0.1) is 0 Å². The van der Waals surface area contributed by atoms with Gasteiger partial charge in [-0.05, 0) is 32.8 Å². The van der Waals surface area contributed by atoms with Crippen LogP contribution in [0.3, 0.4) is 0 Å². The van der Waals surface area contributed by atoms with Crippen molar-refractivity contribution in [2.24, 2.45) is 0 Å². The summed E-state index contributed by atoms with van der Waals surface area (Å²) in [6.07, 6.45) is 8.60. The fourth-order valence-corrected chi connectivity index (χ4v) is 0.677. The predicted octanol–water partition coefficient (Wildman–Crippen LogP) is 2.49. The molecule has 0 aromatic rings. The van der Waals surface area contributed by atoms with Crippen LogP contribution in [0.5, 0.6) is 0 Å². The first-order chi connectivity index (χ1) is 4.81. The van der Waals surface area contributed by atoms with Gasteiger partial charge in [0.1, 0.15) is 6.29 Å². The first kappa shape index (κ1) is 9.15. The van der Waals surface area contributed by atoms with Crippen molar-refractivity contribution in [3.05, 3.63) is 23.8 Å². The van der Waals surface area contributed by atoms with E-state index in [1.54, 1.807) is 6.08 Å². The molecule has 0 bridgehead atoms. The maximum absolute atomic E-state index is 9.95. The van der Waals surface area contributed by atoms with Gasteiger partial charge in [-0.15, -0.1) is 0 Å². The molecule has 0 rings (SSSR count). The summed E-state index contributed by atoms with van der Waals surface area (Å²) in [4.78, 5) is 9.95. The Bertz CT molecular complexity index is 143. The molecule has 0 aliphatic carbocycles. The largest absolute Gasteiger partial charge is 0.299 e. The van der Waals surface area contributed by atoms with Crippen molar-refractivity contribution in [2.45, 2.75) is 26.7 Å². The number of carbonyl (C=O) groups excluding carboxylic acids is 1. The number of carbonyl (C=O) groups is 1. The van der Waals surface area contributed by atoms with Gasteiger partial charge < -0.3 is 0 Å². The summed E-state index contributed by atoms with van der Waals surface area (Å²) in [5.74, 6) is 0. The third kappa shape index (κ3) is 5.29. The molecule has 0 atom stereocenters. The van der Waals surface area contributed by atoms with Crippen molar-refractivity contribution in [1.29, 1.82) is 0 Å². The minimum Gasteiger partial charge on any atom is -0.299 e. The van der Waals surface area contributed by atoms with Crippen LogP contribution in [0.25, 0.3) is 0 Å². The molecule has 10 heavy (non-hydrogen) atoms. The maximum Gasteiger partial charge on any atom is 0.142 e. The molecule has 0 spiro atoms. The molecule has 0 aliphatic rings. The molecule has 0 aromatic heterocycles. The maximum atomic E-state index is 9.95. The fraction of sp³-hybridized carbons (Fsp3) is 0.444. The summed E-state index contributed by atoms with van der Waals surface area (Å²) in [7, 11) is 0. The summed E-state index contributed by atoms with van der Waals surface area (Å²) >= 11 is 0. The zero-order valence-corrected chi connectivity index (χ0v) is 6.63. The number of aldehydes is 1. The van der Waals surface area contributed by atoms with Crippen molar-refractivity contribution in [1.82, 2.24) is 0 Å². The molecule has 0 radical (unpaired) electrons. The second-order valence-corrected chi connectivity index (χ2v) is 2.26. The Balaban J connectivity index is 3.48. The van der Waals surface area contributed by atoms with Gasteiger partial charge in [0.2, 0.25) is 0 Å². The fourth-order valence-electron chi connectivity index (χ4n) is 0.677. The average Bonchev–Trinajstić information content (AvgIpc) is 1.89. The van der Waals surface area contributed by atoms with E-state index in [0.29, 0.717) is 0 Å². The van der Waals surface area contributed by atoms with E-state index in [2.05, 4.69) is 6.08 Å². The van der Waals surface area contributed by atoms with Gasteiger partial charge in [-0.1, -0.05) is 17.7 Å². The standard InChI is InChI=1S/C9H14O/c1-3-4-5-6-9(2)7-8-10/h3-4,7-8H,5-6H2,1-2H3/b4-3-,9-7+. The first-order valence-electron chi connectivity index (χ1n) is 3.53. The highest BCUT2D eigenvalue weighted by Gasteiger charge is 1.84. The van der Waals surface area contributed by atoms with Gasteiger partial charge in [0.25, 0.3) is 0 Å². The molecule has 1 nitrogen and oxygen atoms in total. The lowest BCUT2D eigenvalue weighted by atomic mass is 10.1. The van der Waals surface area contributed by atoms with Crippen molar-refractivity contribution >= 4 is 6.29 Å². The monoisotopic (exact) mass is 138 g/mol. The molecule has 0 heterocycles. The molecule has 0 saturated carbocycles. The van der Waals surface area contributed by atoms with Gasteiger partial charge >= 0.3 is 0 Å². The van der Waals surface area contributed by atoms with Gasteiger partial charge in [-0.2, -0.15) is 0 Å². The van der Waals surface area contributed by atoms with Crippen molar-refractivity contribution in [3.8, 4) is 0 Å². The minimum atomic E-state index is 0.838. The molecule has 0 N–H and O–H groups in total. The molecule has 0 amide bonds. The smallest absolute Gasteiger partial charge is 0.142 e. The molecule has 0 unspecified atom stereocenters. The quantitative estimate of drug-likeness (QED) is 0.331. The van der Waals surface area contributed by atoms with Crippen LogP contribution in [-0.2, 0) is 4.79 Å². The third-order valence-electron chi connectivity index (χ3n) is 1.29. The van der Waals surface area contributed by atoms with Crippen LogP contribution < -0.4 is 0 Å². The zero-order valence-electron chi connectivity index (χ0n) is 6.63. The molecule has 0 aromatic carbocycles. The average molecular weight is 138 g/mol. The molecular weight excluding hydrogens is 124 g/mol. The summed E-state index contributed by atoms with van der Waals surface area (Å²) in [6, 6.07) is 0. The molecular formula is C9H14O. The van der Waals surface area contributed by atoms with E-state index in [4.69, 9.17) is 0 Å². The van der Waals surface area contributed by atoms with E-state index >= 15 is 0 Å². The Morgan fingerprint density at radius 1 is 1.50 bits per heavy atom. The number of rotatable bonds is 4. The Morgan fingerprint density at radius 3 is 2.70 bits per heavy atom. The highest BCUT2D eigenvalue weighted by atomic mass is 16.1. The number of hydrogen-bond donors (Lipinski definition) is 0. The van der Waals surface area contributed by atoms with Gasteiger partial charge in [-0.25, -0.2) is 0 Å². The molecule has 1 heteroatoms. The first-order valence-corrected chi connectivity index (χ1v) is 3.53. The normalized spacial score (nSPS) is 12.4. The second-order valence-electron chi connectivity index (χ2n) is 2.26. The van der Waals surface area contributed by atoms with E-state index in [-0.39, 0.29) is 0 Å². The van der Waals surface area contributed by atoms with Gasteiger partial charge in [0, 0.05) is 0 Å². The molecule has 0 aliphatic heterocycles. The van der Waals surface area contributed by atoms with Crippen LogP contribution in [0.4, 0.5) is 0 Å². The minimum absolute atomic E-state index is 0.838. The van der Waals surface area contributed by atoms with E-state index in [0.717, 1.165) is 24.7 Å². The zero-order chi connectivity index (χ0) is 7.82. The van der Waals surface area contributed by atoms with E-state index in [9.17, 15) is 4.79 Å². The highest BCUT2D eigenvalue weighted by Crippen LogP contribution is 2.02. The van der Waals surface area contributed by atoms with Crippen molar-refractivity contribution in [2.75, 3.05) is 0 Å². The Hall–Kier alpha value is -0.850. The summed E-state index contributed by atoms with van der Waals surface area (Å²) in [6.45, 7) is 3.97. The van der Waals surface area contributed by atoms with Gasteiger partial charge in [-0.3, -0.25) is 4.79 Å². The Kier molecular flexibility index (Phi) is 5.74. The van der Waals surface area contributed by atoms with E-state index in [1.165, 1.54) is 0 Å². The molecule has 0 saturated heterocycles. The van der Waals surface area contributed by atoms with E-state index in [1.807, 2.05) is 19.9 Å².